The molecule has 3 unspecified atom stereocenters. The summed E-state index contributed by atoms with van der Waals surface area (Å²) in [5, 5.41) is 90.9. The van der Waals surface area contributed by atoms with Crippen LogP contribution >= 0.6 is 0 Å². The highest BCUT2D eigenvalue weighted by Gasteiger charge is 2.57. The second-order valence-electron chi connectivity index (χ2n) is 9.50. The van der Waals surface area contributed by atoms with Crippen LogP contribution in [0.3, 0.4) is 0 Å². The molecule has 3 aliphatic heterocycles. The van der Waals surface area contributed by atoms with E-state index in [2.05, 4.69) is 0 Å². The van der Waals surface area contributed by atoms with Crippen LogP contribution in [0.25, 0.3) is 0 Å². The van der Waals surface area contributed by atoms with Crippen molar-refractivity contribution in [3.63, 3.8) is 0 Å². The van der Waals surface area contributed by atoms with Crippen molar-refractivity contribution in [2.75, 3.05) is 19.8 Å². The number of aliphatic hydroxyl groups is 9. The van der Waals surface area contributed by atoms with Crippen molar-refractivity contribution in [3.05, 3.63) is 0 Å². The summed E-state index contributed by atoms with van der Waals surface area (Å²) in [5.41, 5.74) is 17.7. The highest BCUT2D eigenvalue weighted by molar-refractivity contribution is 5.00. The van der Waals surface area contributed by atoms with Gasteiger partial charge in [0.2, 0.25) is 5.79 Å². The highest BCUT2D eigenvalue weighted by atomic mass is 16.8. The lowest BCUT2D eigenvalue weighted by atomic mass is 9.93. The number of aliphatic hydroxyl groups excluding tert-OH is 9. The number of nitrogens with two attached hydrogens (primary N) is 3. The maximum atomic E-state index is 10.9. The minimum Gasteiger partial charge on any atom is -0.394 e. The van der Waals surface area contributed by atoms with E-state index < -0.39 is 118 Å². The molecule has 0 amide bonds. The van der Waals surface area contributed by atoms with E-state index in [1.165, 1.54) is 0 Å². The maximum Gasteiger partial charge on any atom is 0.225 e. The first-order valence-electron chi connectivity index (χ1n) is 12.0. The molecule has 18 heteroatoms. The van der Waals surface area contributed by atoms with Gasteiger partial charge in [0.1, 0.15) is 55.4 Å². The average Bonchev–Trinajstić information content (AvgIpc) is 2.89. The topological polar surface area (TPSA) is 316 Å². The van der Waals surface area contributed by atoms with Crippen molar-refractivity contribution in [2.45, 2.75) is 105 Å². The monoisotopic (exact) mass is 561 g/mol. The predicted octanol–water partition coefficient (Wildman–Crippen LogP) is -7.99. The molecule has 0 aliphatic carbocycles. The molecule has 0 radical (unpaired) electrons. The molecule has 15 N–H and O–H groups in total. The Morgan fingerprint density at radius 3 is 1.79 bits per heavy atom. The van der Waals surface area contributed by atoms with Gasteiger partial charge in [-0.25, -0.2) is 0 Å². The van der Waals surface area contributed by atoms with Crippen LogP contribution in [0.1, 0.15) is 6.92 Å². The van der Waals surface area contributed by atoms with Crippen molar-refractivity contribution in [2.24, 2.45) is 17.2 Å². The highest BCUT2D eigenvalue weighted by Crippen LogP contribution is 2.35. The molecule has 3 aliphatic rings. The van der Waals surface area contributed by atoms with Crippen molar-refractivity contribution in [1.29, 1.82) is 0 Å². The first-order chi connectivity index (χ1) is 17.8. The summed E-state index contributed by atoms with van der Waals surface area (Å²) < 4.78 is 32.7. The summed E-state index contributed by atoms with van der Waals surface area (Å²) in [4.78, 5) is 0. The number of ether oxygens (including phenoxy) is 6. The van der Waals surface area contributed by atoms with Gasteiger partial charge in [-0.05, 0) is 6.92 Å². The minimum atomic E-state index is -2.36. The predicted molar refractivity (Wildman–Crippen MR) is 119 cm³/mol. The van der Waals surface area contributed by atoms with Crippen LogP contribution in [0.5, 0.6) is 0 Å². The number of rotatable bonds is 9. The molecule has 3 fully saturated rings. The Bertz CT molecular complexity index is 752. The molecule has 0 saturated carbocycles. The molecule has 38 heavy (non-hydrogen) atoms. The summed E-state index contributed by atoms with van der Waals surface area (Å²) in [6.45, 7) is -1.34. The van der Waals surface area contributed by atoms with Crippen LogP contribution in [0.15, 0.2) is 0 Å². The van der Waals surface area contributed by atoms with E-state index in [1.54, 1.807) is 0 Å². The molecule has 3 heterocycles. The van der Waals surface area contributed by atoms with Gasteiger partial charge in [-0.3, -0.25) is 0 Å². The number of hydrogen-bond acceptors (Lipinski definition) is 18. The van der Waals surface area contributed by atoms with Gasteiger partial charge < -0.3 is 91.6 Å². The van der Waals surface area contributed by atoms with E-state index in [-0.39, 0.29) is 0 Å². The smallest absolute Gasteiger partial charge is 0.225 e. The van der Waals surface area contributed by atoms with E-state index in [0.29, 0.717) is 0 Å². The quantitative estimate of drug-likeness (QED) is 0.116. The Kier molecular flexibility index (Phi) is 10.8. The first-order valence-corrected chi connectivity index (χ1v) is 12.0. The molecular weight excluding hydrogens is 522 g/mol. The molecule has 0 spiro atoms. The van der Waals surface area contributed by atoms with Crippen molar-refractivity contribution in [3.8, 4) is 0 Å². The van der Waals surface area contributed by atoms with Crippen LogP contribution in [0.2, 0.25) is 0 Å². The Balaban J connectivity index is 1.77. The molecule has 0 aromatic carbocycles. The third kappa shape index (κ3) is 6.12. The molecule has 0 bridgehead atoms. The lowest BCUT2D eigenvalue weighted by molar-refractivity contribution is -0.425. The summed E-state index contributed by atoms with van der Waals surface area (Å²) in [6, 6.07) is -4.18. The SMILES string of the molecule is CC(O)O[C@]1(CO)O[C@H](OC2[C@@H](CO)O[C@@H](OC3[C@@H](CO)O[C@@H](O)[C@H](N)[C@H]3O)[C@H](N)[C@H]2O)[C@H](N)[C@@H](O)[C@@H]1O. The van der Waals surface area contributed by atoms with E-state index in [9.17, 15) is 46.0 Å². The van der Waals surface area contributed by atoms with Crippen LogP contribution < -0.4 is 17.2 Å². The molecule has 18 nitrogen and oxygen atoms in total. The van der Waals surface area contributed by atoms with Crippen LogP contribution in [0, 0.1) is 0 Å². The summed E-state index contributed by atoms with van der Waals surface area (Å²) >= 11 is 0. The maximum absolute atomic E-state index is 10.9. The van der Waals surface area contributed by atoms with E-state index in [4.69, 9.17) is 45.6 Å². The lowest BCUT2D eigenvalue weighted by Crippen LogP contribution is -2.72. The molecular formula is C20H39N3O15. The minimum absolute atomic E-state index is 0.683. The van der Waals surface area contributed by atoms with Gasteiger partial charge in [0, 0.05) is 0 Å². The zero-order valence-corrected chi connectivity index (χ0v) is 20.5. The molecule has 16 atom stereocenters. The normalized spacial score (nSPS) is 51.1. The fraction of sp³-hybridized carbons (Fsp3) is 1.00. The van der Waals surface area contributed by atoms with Gasteiger partial charge in [-0.2, -0.15) is 0 Å². The third-order valence-corrected chi connectivity index (χ3v) is 6.79. The zero-order chi connectivity index (χ0) is 28.5. The summed E-state index contributed by atoms with van der Waals surface area (Å²) in [7, 11) is 0. The Morgan fingerprint density at radius 2 is 1.26 bits per heavy atom. The van der Waals surface area contributed by atoms with Gasteiger partial charge in [0.05, 0.1) is 31.3 Å². The molecule has 0 aromatic heterocycles. The summed E-state index contributed by atoms with van der Waals surface area (Å²) in [5.74, 6) is -2.36. The summed E-state index contributed by atoms with van der Waals surface area (Å²) in [6.07, 6.45) is -18.7. The second-order valence-corrected chi connectivity index (χ2v) is 9.50. The van der Waals surface area contributed by atoms with Gasteiger partial charge in [0.25, 0.3) is 0 Å². The lowest BCUT2D eigenvalue weighted by Gasteiger charge is -2.51. The standard InChI is InChI=1S/C20H39N3O15/c1-5(27)37-20(4-26)16(31)13(30)10(23)19(38-20)36-15-7(3-25)34-18(9(22)12(15)29)35-14-6(2-24)33-17(32)8(21)11(14)28/h5-19,24-32H,2-4,21-23H2,1H3/t5?,6-,7-,8-,9-,10-,11-,12-,13-,14?,15?,16+,17-,18+,19+,20-/m1/s1. The second kappa shape index (κ2) is 12.9. The number of hydrogen-bond donors (Lipinski definition) is 12. The molecule has 0 aromatic rings. The van der Waals surface area contributed by atoms with Crippen LogP contribution in [0.4, 0.5) is 0 Å². The van der Waals surface area contributed by atoms with Gasteiger partial charge in [-0.15, -0.1) is 0 Å². The third-order valence-electron chi connectivity index (χ3n) is 6.79. The largest absolute Gasteiger partial charge is 0.394 e. The van der Waals surface area contributed by atoms with Crippen LogP contribution in [-0.2, 0) is 28.4 Å². The molecule has 3 rings (SSSR count). The van der Waals surface area contributed by atoms with Gasteiger partial charge >= 0.3 is 0 Å². The van der Waals surface area contributed by atoms with E-state index in [0.717, 1.165) is 6.92 Å². The van der Waals surface area contributed by atoms with Crippen molar-refractivity contribution < 1.29 is 74.4 Å². The average molecular weight is 562 g/mol. The van der Waals surface area contributed by atoms with Gasteiger partial charge in [-0.1, -0.05) is 0 Å². The fourth-order valence-electron chi connectivity index (χ4n) is 4.61. The van der Waals surface area contributed by atoms with E-state index in [1.807, 2.05) is 0 Å². The van der Waals surface area contributed by atoms with Crippen LogP contribution in [-0.4, -0.2) is 164 Å². The van der Waals surface area contributed by atoms with Crippen molar-refractivity contribution >= 4 is 0 Å². The Morgan fingerprint density at radius 1 is 0.763 bits per heavy atom. The zero-order valence-electron chi connectivity index (χ0n) is 20.5. The fourth-order valence-corrected chi connectivity index (χ4v) is 4.61. The van der Waals surface area contributed by atoms with Gasteiger partial charge in [0.15, 0.2) is 25.2 Å². The Labute approximate surface area is 217 Å². The molecule has 224 valence electrons. The van der Waals surface area contributed by atoms with E-state index >= 15 is 0 Å². The molecule has 3 saturated heterocycles. The van der Waals surface area contributed by atoms with Crippen molar-refractivity contribution in [1.82, 2.24) is 0 Å². The first kappa shape index (κ1) is 31.8. The Hall–Kier alpha value is -0.720.